The lowest BCUT2D eigenvalue weighted by Crippen LogP contribution is -2.26. The summed E-state index contributed by atoms with van der Waals surface area (Å²) in [6.07, 6.45) is 5.29. The number of Topliss-reactive ketones (excluding diaryl/α,β-unsaturated/α-hetero) is 1. The third-order valence-electron chi connectivity index (χ3n) is 2.78. The van der Waals surface area contributed by atoms with E-state index in [1.54, 1.807) is 12.1 Å². The highest BCUT2D eigenvalue weighted by atomic mass is 16.3. The summed E-state index contributed by atoms with van der Waals surface area (Å²) >= 11 is 0. The number of carbonyl (C=O) groups is 1. The number of phenolic OH excluding ortho intramolecular Hbond substituents is 1. The fourth-order valence-electron chi connectivity index (χ4n) is 1.89. The van der Waals surface area contributed by atoms with E-state index in [9.17, 15) is 9.90 Å². The zero-order valence-corrected chi connectivity index (χ0v) is 9.31. The van der Waals surface area contributed by atoms with Crippen LogP contribution in [0, 0.1) is 0 Å². The number of hydrogen-bond acceptors (Lipinski definition) is 3. The van der Waals surface area contributed by atoms with Crippen molar-refractivity contribution in [2.24, 2.45) is 0 Å². The molecule has 16 heavy (non-hydrogen) atoms. The minimum Gasteiger partial charge on any atom is -0.507 e. The van der Waals surface area contributed by atoms with Gasteiger partial charge in [0.1, 0.15) is 5.75 Å². The third kappa shape index (κ3) is 2.08. The average molecular weight is 217 g/mol. The number of nitrogens with zero attached hydrogens (tertiary/aromatic N) is 1. The van der Waals surface area contributed by atoms with Gasteiger partial charge >= 0.3 is 0 Å². The van der Waals surface area contributed by atoms with E-state index in [0.717, 1.165) is 25.2 Å². The van der Waals surface area contributed by atoms with Crippen molar-refractivity contribution >= 4 is 11.5 Å². The minimum absolute atomic E-state index is 0.0690. The van der Waals surface area contributed by atoms with Gasteiger partial charge in [-0.05, 0) is 25.5 Å². The molecule has 84 valence electrons. The first-order chi connectivity index (χ1) is 7.68. The van der Waals surface area contributed by atoms with Crippen LogP contribution < -0.4 is 4.90 Å². The number of benzene rings is 1. The Morgan fingerprint density at radius 3 is 2.75 bits per heavy atom. The Morgan fingerprint density at radius 2 is 2.19 bits per heavy atom. The van der Waals surface area contributed by atoms with E-state index in [-0.39, 0.29) is 11.5 Å². The first kappa shape index (κ1) is 10.7. The molecule has 0 aromatic heterocycles. The zero-order valence-electron chi connectivity index (χ0n) is 9.31. The van der Waals surface area contributed by atoms with Crippen LogP contribution in [0.5, 0.6) is 5.75 Å². The number of ketones is 1. The van der Waals surface area contributed by atoms with Gasteiger partial charge < -0.3 is 10.0 Å². The monoisotopic (exact) mass is 217 g/mol. The van der Waals surface area contributed by atoms with Crippen LogP contribution in [-0.2, 0) is 0 Å². The summed E-state index contributed by atoms with van der Waals surface area (Å²) in [5, 5.41) is 9.73. The second kappa shape index (κ2) is 4.39. The van der Waals surface area contributed by atoms with Crippen LogP contribution >= 0.6 is 0 Å². The van der Waals surface area contributed by atoms with Crippen molar-refractivity contribution in [3.05, 3.63) is 35.9 Å². The van der Waals surface area contributed by atoms with Gasteiger partial charge in [-0.15, -0.1) is 0 Å². The largest absolute Gasteiger partial charge is 0.507 e. The smallest absolute Gasteiger partial charge is 0.163 e. The minimum atomic E-state index is -0.109. The molecular formula is C13H15NO2. The van der Waals surface area contributed by atoms with Crippen LogP contribution in [0.4, 0.5) is 5.69 Å². The van der Waals surface area contributed by atoms with Crippen molar-refractivity contribution in [3.63, 3.8) is 0 Å². The number of hydrogen-bond donors (Lipinski definition) is 1. The first-order valence-electron chi connectivity index (χ1n) is 5.42. The maximum atomic E-state index is 11.2. The lowest BCUT2D eigenvalue weighted by molar-refractivity contribution is 0.101. The quantitative estimate of drug-likeness (QED) is 0.610. The first-order valence-corrected chi connectivity index (χ1v) is 5.42. The van der Waals surface area contributed by atoms with Gasteiger partial charge in [-0.25, -0.2) is 0 Å². The van der Waals surface area contributed by atoms with E-state index in [0.29, 0.717) is 5.56 Å². The Morgan fingerprint density at radius 1 is 1.38 bits per heavy atom. The summed E-state index contributed by atoms with van der Waals surface area (Å²) in [5.74, 6) is -0.0397. The molecule has 0 saturated carbocycles. The SMILES string of the molecule is CC(=O)c1ccc(N2CC=CCC2)cc1O. The zero-order chi connectivity index (χ0) is 11.5. The molecule has 1 aliphatic heterocycles. The van der Waals surface area contributed by atoms with Crippen molar-refractivity contribution in [1.29, 1.82) is 0 Å². The Bertz CT molecular complexity index is 438. The molecule has 0 fully saturated rings. The molecular weight excluding hydrogens is 202 g/mol. The number of anilines is 1. The van der Waals surface area contributed by atoms with E-state index in [1.165, 1.54) is 6.92 Å². The van der Waals surface area contributed by atoms with Crippen LogP contribution in [-0.4, -0.2) is 24.0 Å². The van der Waals surface area contributed by atoms with Crippen LogP contribution in [0.2, 0.25) is 0 Å². The van der Waals surface area contributed by atoms with Crippen LogP contribution in [0.15, 0.2) is 30.4 Å². The summed E-state index contributed by atoms with van der Waals surface area (Å²) < 4.78 is 0. The molecule has 3 nitrogen and oxygen atoms in total. The van der Waals surface area contributed by atoms with Gasteiger partial charge in [0, 0.05) is 24.8 Å². The molecule has 0 bridgehead atoms. The predicted molar refractivity (Wildman–Crippen MR) is 64.1 cm³/mol. The molecule has 0 amide bonds. The van der Waals surface area contributed by atoms with Crippen LogP contribution in [0.3, 0.4) is 0 Å². The summed E-state index contributed by atoms with van der Waals surface area (Å²) in [6.45, 7) is 3.27. The summed E-state index contributed by atoms with van der Waals surface area (Å²) in [5.41, 5.74) is 1.35. The topological polar surface area (TPSA) is 40.5 Å². The van der Waals surface area contributed by atoms with Gasteiger partial charge in [0.15, 0.2) is 5.78 Å². The molecule has 1 heterocycles. The van der Waals surface area contributed by atoms with Gasteiger partial charge in [0.25, 0.3) is 0 Å². The van der Waals surface area contributed by atoms with Crippen molar-refractivity contribution in [2.75, 3.05) is 18.0 Å². The molecule has 0 aliphatic carbocycles. The average Bonchev–Trinajstić information content (AvgIpc) is 2.29. The molecule has 1 aliphatic rings. The Labute approximate surface area is 95.0 Å². The van der Waals surface area contributed by atoms with E-state index >= 15 is 0 Å². The van der Waals surface area contributed by atoms with E-state index in [2.05, 4.69) is 17.1 Å². The molecule has 1 aromatic carbocycles. The third-order valence-corrected chi connectivity index (χ3v) is 2.78. The van der Waals surface area contributed by atoms with Gasteiger partial charge in [-0.2, -0.15) is 0 Å². The highest BCUT2D eigenvalue weighted by Crippen LogP contribution is 2.26. The highest BCUT2D eigenvalue weighted by molar-refractivity contribution is 5.97. The summed E-state index contributed by atoms with van der Waals surface area (Å²) in [7, 11) is 0. The second-order valence-electron chi connectivity index (χ2n) is 3.96. The molecule has 3 heteroatoms. The van der Waals surface area contributed by atoms with Crippen LogP contribution in [0.1, 0.15) is 23.7 Å². The number of phenols is 1. The molecule has 0 spiro atoms. The molecule has 0 unspecified atom stereocenters. The van der Waals surface area contributed by atoms with Crippen molar-refractivity contribution < 1.29 is 9.90 Å². The summed E-state index contributed by atoms with van der Waals surface area (Å²) in [4.78, 5) is 13.3. The van der Waals surface area contributed by atoms with Crippen LogP contribution in [0.25, 0.3) is 0 Å². The van der Waals surface area contributed by atoms with E-state index in [4.69, 9.17) is 0 Å². The van der Waals surface area contributed by atoms with E-state index < -0.39 is 0 Å². The molecule has 0 atom stereocenters. The predicted octanol–water partition coefficient (Wildman–Crippen LogP) is 2.36. The number of carbonyl (C=O) groups excluding carboxylic acids is 1. The standard InChI is InChI=1S/C13H15NO2/c1-10(15)12-6-5-11(9-13(12)16)14-7-3-2-4-8-14/h2-3,5-6,9,16H,4,7-8H2,1H3. The maximum absolute atomic E-state index is 11.2. The Hall–Kier alpha value is -1.77. The van der Waals surface area contributed by atoms with E-state index in [1.807, 2.05) is 6.07 Å². The fraction of sp³-hybridized carbons (Fsp3) is 0.308. The highest BCUT2D eigenvalue weighted by Gasteiger charge is 2.11. The Balaban J connectivity index is 2.26. The second-order valence-corrected chi connectivity index (χ2v) is 3.96. The van der Waals surface area contributed by atoms with Crippen molar-refractivity contribution in [3.8, 4) is 5.75 Å². The van der Waals surface area contributed by atoms with Crippen molar-refractivity contribution in [2.45, 2.75) is 13.3 Å². The molecule has 1 N–H and O–H groups in total. The lowest BCUT2D eigenvalue weighted by atomic mass is 10.1. The van der Waals surface area contributed by atoms with Gasteiger partial charge in [-0.3, -0.25) is 4.79 Å². The molecule has 0 radical (unpaired) electrons. The fourth-order valence-corrected chi connectivity index (χ4v) is 1.89. The van der Waals surface area contributed by atoms with Crippen molar-refractivity contribution in [1.82, 2.24) is 0 Å². The number of rotatable bonds is 2. The number of aromatic hydroxyl groups is 1. The summed E-state index contributed by atoms with van der Waals surface area (Å²) in [6, 6.07) is 5.23. The molecule has 1 aromatic rings. The van der Waals surface area contributed by atoms with Gasteiger partial charge in [0.05, 0.1) is 5.56 Å². The molecule has 2 rings (SSSR count). The van der Waals surface area contributed by atoms with Gasteiger partial charge in [-0.1, -0.05) is 12.2 Å². The Kier molecular flexibility index (Phi) is 2.95. The maximum Gasteiger partial charge on any atom is 0.163 e. The van der Waals surface area contributed by atoms with Gasteiger partial charge in [0.2, 0.25) is 0 Å². The molecule has 0 saturated heterocycles. The normalized spacial score (nSPS) is 15.2. The lowest BCUT2D eigenvalue weighted by Gasteiger charge is -2.25.